The third-order valence-corrected chi connectivity index (χ3v) is 2.61. The van der Waals surface area contributed by atoms with Crippen LogP contribution in [0.5, 0.6) is 0 Å². The Labute approximate surface area is 92.6 Å². The van der Waals surface area contributed by atoms with E-state index in [1.165, 1.54) is 11.1 Å². The Hall–Kier alpha value is -0.860. The molecule has 0 aliphatic rings. The summed E-state index contributed by atoms with van der Waals surface area (Å²) in [5, 5.41) is 3.15. The van der Waals surface area contributed by atoms with E-state index in [9.17, 15) is 0 Å². The lowest BCUT2D eigenvalue weighted by Gasteiger charge is -2.09. The summed E-state index contributed by atoms with van der Waals surface area (Å²) in [5.74, 6) is 0. The van der Waals surface area contributed by atoms with E-state index in [4.69, 9.17) is 4.74 Å². The van der Waals surface area contributed by atoms with Crippen LogP contribution in [0.3, 0.4) is 0 Å². The van der Waals surface area contributed by atoms with Gasteiger partial charge in [0.2, 0.25) is 0 Å². The van der Waals surface area contributed by atoms with Crippen LogP contribution in [-0.2, 0) is 17.6 Å². The highest BCUT2D eigenvalue weighted by Gasteiger charge is 2.01. The van der Waals surface area contributed by atoms with Crippen LogP contribution in [0.25, 0.3) is 0 Å². The van der Waals surface area contributed by atoms with Crippen LogP contribution >= 0.6 is 0 Å². The van der Waals surface area contributed by atoms with Gasteiger partial charge in [-0.15, -0.1) is 0 Å². The van der Waals surface area contributed by atoms with E-state index in [0.717, 1.165) is 19.4 Å². The van der Waals surface area contributed by atoms with Crippen molar-refractivity contribution in [1.82, 2.24) is 5.32 Å². The smallest absolute Gasteiger partial charge is 0.0583 e. The average molecular weight is 207 g/mol. The van der Waals surface area contributed by atoms with Gasteiger partial charge in [-0.05, 0) is 44.5 Å². The molecule has 0 spiro atoms. The van der Waals surface area contributed by atoms with Gasteiger partial charge in [0, 0.05) is 7.11 Å². The summed E-state index contributed by atoms with van der Waals surface area (Å²) < 4.78 is 5.24. The van der Waals surface area contributed by atoms with Gasteiger partial charge in [-0.2, -0.15) is 0 Å². The molecule has 0 saturated carbocycles. The fraction of sp³-hybridized carbons (Fsp3) is 0.538. The highest BCUT2D eigenvalue weighted by molar-refractivity contribution is 5.23. The van der Waals surface area contributed by atoms with Crippen molar-refractivity contribution in [3.05, 3.63) is 35.4 Å². The first-order chi connectivity index (χ1) is 7.26. The molecule has 1 aromatic rings. The maximum Gasteiger partial charge on any atom is 0.0583 e. The third-order valence-electron chi connectivity index (χ3n) is 2.61. The van der Waals surface area contributed by atoms with Gasteiger partial charge >= 0.3 is 0 Å². The maximum absolute atomic E-state index is 5.24. The lowest BCUT2D eigenvalue weighted by atomic mass is 10.1. The number of hydrogen-bond donors (Lipinski definition) is 1. The Morgan fingerprint density at radius 2 is 1.80 bits per heavy atom. The van der Waals surface area contributed by atoms with Crippen LogP contribution in [0, 0.1) is 0 Å². The van der Waals surface area contributed by atoms with E-state index in [2.05, 4.69) is 36.5 Å². The molecule has 15 heavy (non-hydrogen) atoms. The van der Waals surface area contributed by atoms with Crippen molar-refractivity contribution in [2.75, 3.05) is 20.7 Å². The standard InChI is InChI=1S/C13H21NO/c1-11(15-3)10-13-6-4-12(5-7-13)8-9-14-2/h4-7,11,14H,8-10H2,1-3H3. The van der Waals surface area contributed by atoms with E-state index in [-0.39, 0.29) is 0 Å². The number of likely N-dealkylation sites (N-methyl/N-ethyl adjacent to an activating group) is 1. The minimum atomic E-state index is 0.299. The zero-order valence-corrected chi connectivity index (χ0v) is 9.92. The molecule has 2 nitrogen and oxygen atoms in total. The van der Waals surface area contributed by atoms with Crippen LogP contribution in [0.4, 0.5) is 0 Å². The minimum Gasteiger partial charge on any atom is -0.381 e. The van der Waals surface area contributed by atoms with Crippen LogP contribution in [0.2, 0.25) is 0 Å². The van der Waals surface area contributed by atoms with Crippen molar-refractivity contribution >= 4 is 0 Å². The third kappa shape index (κ3) is 4.45. The summed E-state index contributed by atoms with van der Waals surface area (Å²) in [4.78, 5) is 0. The Bertz CT molecular complexity index is 268. The molecule has 1 N–H and O–H groups in total. The first-order valence-corrected chi connectivity index (χ1v) is 5.51. The predicted octanol–water partition coefficient (Wildman–Crippen LogP) is 2.03. The van der Waals surface area contributed by atoms with Crippen molar-refractivity contribution in [1.29, 1.82) is 0 Å². The summed E-state index contributed by atoms with van der Waals surface area (Å²) in [6.45, 7) is 3.13. The van der Waals surface area contributed by atoms with Crippen molar-refractivity contribution < 1.29 is 4.74 Å². The fourth-order valence-corrected chi connectivity index (χ4v) is 1.53. The van der Waals surface area contributed by atoms with Crippen LogP contribution in [0.1, 0.15) is 18.1 Å². The van der Waals surface area contributed by atoms with Gasteiger partial charge in [0.25, 0.3) is 0 Å². The van der Waals surface area contributed by atoms with Gasteiger partial charge in [0.05, 0.1) is 6.10 Å². The average Bonchev–Trinajstić information content (AvgIpc) is 2.28. The monoisotopic (exact) mass is 207 g/mol. The van der Waals surface area contributed by atoms with Gasteiger partial charge in [0.15, 0.2) is 0 Å². The Morgan fingerprint density at radius 1 is 1.20 bits per heavy atom. The molecule has 1 aromatic carbocycles. The molecule has 0 bridgehead atoms. The molecular weight excluding hydrogens is 186 g/mol. The molecule has 0 fully saturated rings. The molecule has 0 radical (unpaired) electrons. The molecule has 1 unspecified atom stereocenters. The van der Waals surface area contributed by atoms with Crippen molar-refractivity contribution in [2.45, 2.75) is 25.9 Å². The topological polar surface area (TPSA) is 21.3 Å². The normalized spacial score (nSPS) is 12.7. The number of rotatable bonds is 6. The number of hydrogen-bond acceptors (Lipinski definition) is 2. The highest BCUT2D eigenvalue weighted by Crippen LogP contribution is 2.08. The molecule has 1 rings (SSSR count). The van der Waals surface area contributed by atoms with Crippen molar-refractivity contribution in [2.24, 2.45) is 0 Å². The summed E-state index contributed by atoms with van der Waals surface area (Å²) >= 11 is 0. The highest BCUT2D eigenvalue weighted by atomic mass is 16.5. The van der Waals surface area contributed by atoms with Crippen LogP contribution < -0.4 is 5.32 Å². The van der Waals surface area contributed by atoms with Gasteiger partial charge in [-0.25, -0.2) is 0 Å². The number of ether oxygens (including phenoxy) is 1. The largest absolute Gasteiger partial charge is 0.381 e. The molecular formula is C13H21NO. The van der Waals surface area contributed by atoms with Gasteiger partial charge < -0.3 is 10.1 Å². The quantitative estimate of drug-likeness (QED) is 0.770. The first-order valence-electron chi connectivity index (χ1n) is 5.51. The summed E-state index contributed by atoms with van der Waals surface area (Å²) in [6.07, 6.45) is 2.38. The number of benzene rings is 1. The fourth-order valence-electron chi connectivity index (χ4n) is 1.53. The van der Waals surface area contributed by atoms with Crippen LogP contribution in [-0.4, -0.2) is 26.8 Å². The SMILES string of the molecule is CNCCc1ccc(CC(C)OC)cc1. The van der Waals surface area contributed by atoms with E-state index in [1.807, 2.05) is 7.05 Å². The zero-order valence-electron chi connectivity index (χ0n) is 9.92. The Morgan fingerprint density at radius 3 is 2.33 bits per heavy atom. The van der Waals surface area contributed by atoms with Gasteiger partial charge in [0.1, 0.15) is 0 Å². The van der Waals surface area contributed by atoms with Gasteiger partial charge in [-0.1, -0.05) is 24.3 Å². The second-order valence-electron chi connectivity index (χ2n) is 3.92. The molecule has 0 saturated heterocycles. The number of nitrogens with one attached hydrogen (secondary N) is 1. The van der Waals surface area contributed by atoms with E-state index in [1.54, 1.807) is 7.11 Å². The lowest BCUT2D eigenvalue weighted by Crippen LogP contribution is -2.11. The van der Waals surface area contributed by atoms with Crippen molar-refractivity contribution in [3.63, 3.8) is 0 Å². The molecule has 84 valence electrons. The maximum atomic E-state index is 5.24. The van der Waals surface area contributed by atoms with E-state index < -0.39 is 0 Å². The minimum absolute atomic E-state index is 0.299. The molecule has 0 aliphatic carbocycles. The number of methoxy groups -OCH3 is 1. The Balaban J connectivity index is 2.48. The molecule has 0 aromatic heterocycles. The lowest BCUT2D eigenvalue weighted by molar-refractivity contribution is 0.119. The summed E-state index contributed by atoms with van der Waals surface area (Å²) in [7, 11) is 3.74. The first kappa shape index (κ1) is 12.2. The van der Waals surface area contributed by atoms with E-state index >= 15 is 0 Å². The zero-order chi connectivity index (χ0) is 11.1. The van der Waals surface area contributed by atoms with E-state index in [0.29, 0.717) is 6.10 Å². The second kappa shape index (κ2) is 6.59. The van der Waals surface area contributed by atoms with Crippen molar-refractivity contribution in [3.8, 4) is 0 Å². The summed E-state index contributed by atoms with van der Waals surface area (Å²) in [6, 6.07) is 8.80. The van der Waals surface area contributed by atoms with Crippen LogP contribution in [0.15, 0.2) is 24.3 Å². The Kier molecular flexibility index (Phi) is 5.37. The predicted molar refractivity (Wildman–Crippen MR) is 64.2 cm³/mol. The molecule has 1 atom stereocenters. The molecule has 0 aliphatic heterocycles. The molecule has 0 amide bonds. The molecule has 0 heterocycles. The summed E-state index contributed by atoms with van der Waals surface area (Å²) in [5.41, 5.74) is 2.73. The second-order valence-corrected chi connectivity index (χ2v) is 3.92. The molecule has 2 heteroatoms. The van der Waals surface area contributed by atoms with Gasteiger partial charge in [-0.3, -0.25) is 0 Å².